The lowest BCUT2D eigenvalue weighted by Crippen LogP contribution is -2.17. The summed E-state index contributed by atoms with van der Waals surface area (Å²) in [6.45, 7) is 4.13. The molecule has 86 valence electrons. The quantitative estimate of drug-likeness (QED) is 0.678. The van der Waals surface area contributed by atoms with Crippen LogP contribution in [0.5, 0.6) is 0 Å². The summed E-state index contributed by atoms with van der Waals surface area (Å²) < 4.78 is 2.22. The smallest absolute Gasteiger partial charge is 0.0954 e. The van der Waals surface area contributed by atoms with Crippen LogP contribution in [-0.4, -0.2) is 9.55 Å². The number of hydrogen-bond acceptors (Lipinski definition) is 2. The zero-order valence-electron chi connectivity index (χ0n) is 10.1. The summed E-state index contributed by atoms with van der Waals surface area (Å²) in [4.78, 5) is 4.34. The summed E-state index contributed by atoms with van der Waals surface area (Å²) in [6, 6.07) is 2.82. The average Bonchev–Trinajstić information content (AvgIpc) is 2.54. The van der Waals surface area contributed by atoms with E-state index in [4.69, 9.17) is 0 Å². The molecule has 0 radical (unpaired) electrons. The molecule has 3 nitrogen and oxygen atoms in total. The van der Waals surface area contributed by atoms with Crippen LogP contribution in [-0.2, 0) is 0 Å². The monoisotopic (exact) mass is 217 g/mol. The molecule has 0 saturated heterocycles. The number of hydrogen-bond donors (Lipinski definition) is 0. The maximum atomic E-state index is 9.26. The van der Waals surface area contributed by atoms with Crippen LogP contribution in [0, 0.1) is 31.1 Å². The van der Waals surface area contributed by atoms with Crippen molar-refractivity contribution in [1.82, 2.24) is 9.55 Å². The third-order valence-electron chi connectivity index (χ3n) is 3.79. The van der Waals surface area contributed by atoms with Crippen LogP contribution in [0.2, 0.25) is 0 Å². The summed E-state index contributed by atoms with van der Waals surface area (Å²) in [5, 5.41) is 9.26. The van der Waals surface area contributed by atoms with Gasteiger partial charge in [0.25, 0.3) is 0 Å². The molecule has 3 heteroatoms. The van der Waals surface area contributed by atoms with Crippen molar-refractivity contribution < 1.29 is 0 Å². The molecule has 1 saturated carbocycles. The van der Waals surface area contributed by atoms with Gasteiger partial charge in [0.15, 0.2) is 0 Å². The van der Waals surface area contributed by atoms with Gasteiger partial charge in [-0.3, -0.25) is 0 Å². The first-order valence-corrected chi connectivity index (χ1v) is 6.13. The maximum absolute atomic E-state index is 9.26. The number of aromatic nitrogens is 2. The fourth-order valence-corrected chi connectivity index (χ4v) is 2.62. The van der Waals surface area contributed by atoms with Crippen molar-refractivity contribution in [2.45, 2.75) is 52.0 Å². The molecule has 1 fully saturated rings. The van der Waals surface area contributed by atoms with Gasteiger partial charge >= 0.3 is 0 Å². The van der Waals surface area contributed by atoms with Crippen molar-refractivity contribution in [2.75, 3.05) is 0 Å². The van der Waals surface area contributed by atoms with E-state index in [0.717, 1.165) is 18.5 Å². The zero-order valence-corrected chi connectivity index (χ0v) is 10.1. The van der Waals surface area contributed by atoms with Gasteiger partial charge in [-0.15, -0.1) is 0 Å². The van der Waals surface area contributed by atoms with Crippen LogP contribution in [0.1, 0.15) is 49.5 Å². The third kappa shape index (κ3) is 1.97. The van der Waals surface area contributed by atoms with Crippen LogP contribution >= 0.6 is 0 Å². The first-order valence-electron chi connectivity index (χ1n) is 6.13. The minimum atomic E-state index is 0.162. The van der Waals surface area contributed by atoms with Gasteiger partial charge in [0.1, 0.15) is 0 Å². The van der Waals surface area contributed by atoms with E-state index in [1.807, 2.05) is 13.3 Å². The maximum Gasteiger partial charge on any atom is 0.0954 e. The lowest BCUT2D eigenvalue weighted by atomic mass is 9.96. The summed E-state index contributed by atoms with van der Waals surface area (Å²) in [5.41, 5.74) is 2.30. The molecule has 16 heavy (non-hydrogen) atoms. The van der Waals surface area contributed by atoms with E-state index in [-0.39, 0.29) is 5.92 Å². The van der Waals surface area contributed by atoms with Gasteiger partial charge in [-0.2, -0.15) is 5.26 Å². The Morgan fingerprint density at radius 2 is 2.06 bits per heavy atom. The normalized spacial score (nSPS) is 26.1. The lowest BCUT2D eigenvalue weighted by Gasteiger charge is -2.22. The summed E-state index contributed by atoms with van der Waals surface area (Å²) in [6.07, 6.45) is 7.76. The number of nitriles is 1. The van der Waals surface area contributed by atoms with Crippen molar-refractivity contribution in [3.05, 3.63) is 17.7 Å². The molecule has 1 aliphatic carbocycles. The first kappa shape index (κ1) is 11.2. The Morgan fingerprint density at radius 1 is 1.31 bits per heavy atom. The molecule has 0 aliphatic heterocycles. The van der Waals surface area contributed by atoms with Crippen LogP contribution in [0.25, 0.3) is 0 Å². The number of aryl methyl sites for hydroxylation is 1. The Bertz CT molecular complexity index is 400. The summed E-state index contributed by atoms with van der Waals surface area (Å²) in [7, 11) is 0. The minimum absolute atomic E-state index is 0.162. The molecule has 0 N–H and O–H groups in total. The Labute approximate surface area is 97.1 Å². The molecule has 1 aliphatic rings. The van der Waals surface area contributed by atoms with Gasteiger partial charge in [-0.1, -0.05) is 19.3 Å². The standard InChI is InChI=1S/C13H19N3/c1-10-11(2)16(9-15-10)13-7-5-3-4-6-12(13)8-14/h9,12-13H,3-7H2,1-2H3. The SMILES string of the molecule is Cc1ncn(C2CCCCCC2C#N)c1C. The van der Waals surface area contributed by atoms with E-state index in [1.165, 1.54) is 25.0 Å². The number of nitrogens with zero attached hydrogens (tertiary/aromatic N) is 3. The van der Waals surface area contributed by atoms with Gasteiger partial charge in [0.2, 0.25) is 0 Å². The highest BCUT2D eigenvalue weighted by Gasteiger charge is 2.26. The molecular formula is C13H19N3. The number of rotatable bonds is 1. The molecule has 2 atom stereocenters. The van der Waals surface area contributed by atoms with Crippen LogP contribution in [0.15, 0.2) is 6.33 Å². The Morgan fingerprint density at radius 3 is 2.69 bits per heavy atom. The van der Waals surface area contributed by atoms with Crippen LogP contribution in [0.4, 0.5) is 0 Å². The van der Waals surface area contributed by atoms with Gasteiger partial charge in [-0.25, -0.2) is 4.98 Å². The third-order valence-corrected chi connectivity index (χ3v) is 3.79. The zero-order chi connectivity index (χ0) is 11.5. The Balaban J connectivity index is 2.29. The van der Waals surface area contributed by atoms with Crippen molar-refractivity contribution in [2.24, 2.45) is 5.92 Å². The molecule has 0 aromatic carbocycles. The predicted molar refractivity (Wildman–Crippen MR) is 62.9 cm³/mol. The average molecular weight is 217 g/mol. The molecule has 1 heterocycles. The number of imidazole rings is 1. The Hall–Kier alpha value is -1.30. The topological polar surface area (TPSA) is 41.6 Å². The molecular weight excluding hydrogens is 198 g/mol. The predicted octanol–water partition coefficient (Wildman–Crippen LogP) is 3.14. The van der Waals surface area contributed by atoms with E-state index >= 15 is 0 Å². The van der Waals surface area contributed by atoms with E-state index < -0.39 is 0 Å². The largest absolute Gasteiger partial charge is 0.330 e. The molecule has 0 spiro atoms. The second kappa shape index (κ2) is 4.69. The first-order chi connectivity index (χ1) is 7.74. The van der Waals surface area contributed by atoms with Crippen molar-refractivity contribution >= 4 is 0 Å². The summed E-state index contributed by atoms with van der Waals surface area (Å²) in [5.74, 6) is 0.162. The highest BCUT2D eigenvalue weighted by Crippen LogP contribution is 2.33. The highest BCUT2D eigenvalue weighted by molar-refractivity contribution is 5.11. The lowest BCUT2D eigenvalue weighted by molar-refractivity contribution is 0.367. The van der Waals surface area contributed by atoms with Gasteiger partial charge in [-0.05, 0) is 26.7 Å². The minimum Gasteiger partial charge on any atom is -0.330 e. The van der Waals surface area contributed by atoms with Crippen molar-refractivity contribution in [3.63, 3.8) is 0 Å². The fraction of sp³-hybridized carbons (Fsp3) is 0.692. The van der Waals surface area contributed by atoms with E-state index in [0.29, 0.717) is 6.04 Å². The Kier molecular flexibility index (Phi) is 3.28. The van der Waals surface area contributed by atoms with Crippen molar-refractivity contribution in [3.8, 4) is 6.07 Å². The van der Waals surface area contributed by atoms with Gasteiger partial charge in [0, 0.05) is 5.69 Å². The second-order valence-electron chi connectivity index (χ2n) is 4.76. The van der Waals surface area contributed by atoms with E-state index in [9.17, 15) is 5.26 Å². The molecule has 2 rings (SSSR count). The molecule has 1 aromatic rings. The van der Waals surface area contributed by atoms with Gasteiger partial charge in [0.05, 0.1) is 30.1 Å². The molecule has 1 aromatic heterocycles. The molecule has 0 amide bonds. The fourth-order valence-electron chi connectivity index (χ4n) is 2.62. The molecule has 2 unspecified atom stereocenters. The van der Waals surface area contributed by atoms with Crippen molar-refractivity contribution in [1.29, 1.82) is 5.26 Å². The van der Waals surface area contributed by atoms with Gasteiger partial charge < -0.3 is 4.57 Å². The molecule has 0 bridgehead atoms. The van der Waals surface area contributed by atoms with E-state index in [2.05, 4.69) is 22.5 Å². The van der Waals surface area contributed by atoms with Crippen LogP contribution < -0.4 is 0 Å². The highest BCUT2D eigenvalue weighted by atomic mass is 15.1. The van der Waals surface area contributed by atoms with E-state index in [1.54, 1.807) is 0 Å². The van der Waals surface area contributed by atoms with Crippen LogP contribution in [0.3, 0.4) is 0 Å². The second-order valence-corrected chi connectivity index (χ2v) is 4.76. The summed E-state index contributed by atoms with van der Waals surface area (Å²) >= 11 is 0.